The van der Waals surface area contributed by atoms with Crippen LogP contribution in [0.4, 0.5) is 5.82 Å². The van der Waals surface area contributed by atoms with E-state index in [1.165, 1.54) is 0 Å². The molecule has 0 bridgehead atoms. The van der Waals surface area contributed by atoms with Crippen LogP contribution in [0.3, 0.4) is 0 Å². The topological polar surface area (TPSA) is 62.5 Å². The first-order chi connectivity index (χ1) is 9.01. The molecular formula is C14H22N4O. The van der Waals surface area contributed by atoms with Crippen LogP contribution in [0.1, 0.15) is 29.4 Å². The Morgan fingerprint density at radius 2 is 2.21 bits per heavy atom. The van der Waals surface area contributed by atoms with Crippen molar-refractivity contribution in [1.29, 1.82) is 0 Å². The van der Waals surface area contributed by atoms with Crippen molar-refractivity contribution in [1.82, 2.24) is 14.8 Å². The average molecular weight is 262 g/mol. The zero-order chi connectivity index (χ0) is 14.0. The van der Waals surface area contributed by atoms with Gasteiger partial charge in [-0.05, 0) is 32.5 Å². The van der Waals surface area contributed by atoms with Gasteiger partial charge in [0.2, 0.25) is 0 Å². The SMILES string of the molecule is CCC1CN(C(=O)c2cc(C)nc(N)c2)CCN1C. The summed E-state index contributed by atoms with van der Waals surface area (Å²) in [7, 11) is 2.12. The lowest BCUT2D eigenvalue weighted by atomic mass is 10.1. The Labute approximate surface area is 114 Å². The molecular weight excluding hydrogens is 240 g/mol. The molecule has 0 spiro atoms. The third-order valence-corrected chi connectivity index (χ3v) is 3.76. The molecule has 0 radical (unpaired) electrons. The van der Waals surface area contributed by atoms with Crippen LogP contribution >= 0.6 is 0 Å². The largest absolute Gasteiger partial charge is 0.384 e. The summed E-state index contributed by atoms with van der Waals surface area (Å²) < 4.78 is 0. The minimum Gasteiger partial charge on any atom is -0.384 e. The molecule has 2 rings (SSSR count). The number of nitrogen functional groups attached to an aromatic ring is 1. The highest BCUT2D eigenvalue weighted by Gasteiger charge is 2.26. The number of amides is 1. The minimum absolute atomic E-state index is 0.0590. The van der Waals surface area contributed by atoms with Crippen LogP contribution in [0, 0.1) is 6.92 Å². The van der Waals surface area contributed by atoms with Crippen molar-refractivity contribution in [2.24, 2.45) is 0 Å². The van der Waals surface area contributed by atoms with Gasteiger partial charge >= 0.3 is 0 Å². The van der Waals surface area contributed by atoms with Gasteiger partial charge in [-0.3, -0.25) is 9.69 Å². The quantitative estimate of drug-likeness (QED) is 0.868. The first kappa shape index (κ1) is 13.8. The molecule has 1 saturated heterocycles. The minimum atomic E-state index is 0.0590. The van der Waals surface area contributed by atoms with E-state index in [1.807, 2.05) is 11.8 Å². The number of likely N-dealkylation sites (N-methyl/N-ethyl adjacent to an activating group) is 1. The van der Waals surface area contributed by atoms with E-state index in [0.717, 1.165) is 31.7 Å². The predicted molar refractivity (Wildman–Crippen MR) is 76.0 cm³/mol. The number of anilines is 1. The summed E-state index contributed by atoms with van der Waals surface area (Å²) in [5, 5.41) is 0. The summed E-state index contributed by atoms with van der Waals surface area (Å²) in [6.45, 7) is 6.49. The number of nitrogens with two attached hydrogens (primary N) is 1. The van der Waals surface area contributed by atoms with Crippen LogP contribution in [0.5, 0.6) is 0 Å². The molecule has 1 unspecified atom stereocenters. The number of rotatable bonds is 2. The van der Waals surface area contributed by atoms with Crippen LogP contribution in [-0.4, -0.2) is 53.4 Å². The number of carbonyl (C=O) groups is 1. The van der Waals surface area contributed by atoms with Gasteiger partial charge in [0.1, 0.15) is 5.82 Å². The summed E-state index contributed by atoms with van der Waals surface area (Å²) in [4.78, 5) is 20.8. The van der Waals surface area contributed by atoms with Crippen LogP contribution in [0.25, 0.3) is 0 Å². The molecule has 1 aliphatic rings. The van der Waals surface area contributed by atoms with Crippen molar-refractivity contribution in [2.75, 3.05) is 32.4 Å². The number of aromatic nitrogens is 1. The predicted octanol–water partition coefficient (Wildman–Crippen LogP) is 1.14. The van der Waals surface area contributed by atoms with Gasteiger partial charge in [0.25, 0.3) is 5.91 Å². The van der Waals surface area contributed by atoms with Gasteiger partial charge in [0.15, 0.2) is 0 Å². The van der Waals surface area contributed by atoms with Crippen LogP contribution in [0.15, 0.2) is 12.1 Å². The average Bonchev–Trinajstić information content (AvgIpc) is 2.37. The standard InChI is InChI=1S/C14H22N4O/c1-4-12-9-18(6-5-17(12)3)14(19)11-7-10(2)16-13(15)8-11/h7-8,12H,4-6,9H2,1-3H3,(H2,15,16). The normalized spacial score (nSPS) is 20.6. The number of carbonyl (C=O) groups excluding carboxylic acids is 1. The third kappa shape index (κ3) is 3.04. The maximum absolute atomic E-state index is 12.5. The number of piperazine rings is 1. The second kappa shape index (κ2) is 5.57. The lowest BCUT2D eigenvalue weighted by molar-refractivity contribution is 0.0541. The van der Waals surface area contributed by atoms with Crippen molar-refractivity contribution in [3.8, 4) is 0 Å². The fraction of sp³-hybridized carbons (Fsp3) is 0.571. The van der Waals surface area contributed by atoms with Gasteiger partial charge in [-0.1, -0.05) is 6.92 Å². The Bertz CT molecular complexity index is 454. The zero-order valence-corrected chi connectivity index (χ0v) is 11.9. The summed E-state index contributed by atoms with van der Waals surface area (Å²) in [6.07, 6.45) is 1.05. The summed E-state index contributed by atoms with van der Waals surface area (Å²) in [5.74, 6) is 0.466. The molecule has 104 valence electrons. The van der Waals surface area contributed by atoms with Crippen molar-refractivity contribution in [2.45, 2.75) is 26.3 Å². The van der Waals surface area contributed by atoms with E-state index in [9.17, 15) is 4.79 Å². The second-order valence-corrected chi connectivity index (χ2v) is 5.22. The first-order valence-corrected chi connectivity index (χ1v) is 6.75. The molecule has 5 nitrogen and oxygen atoms in total. The third-order valence-electron chi connectivity index (χ3n) is 3.76. The lowest BCUT2D eigenvalue weighted by Gasteiger charge is -2.39. The van der Waals surface area contributed by atoms with E-state index >= 15 is 0 Å². The lowest BCUT2D eigenvalue weighted by Crippen LogP contribution is -2.53. The Kier molecular flexibility index (Phi) is 4.04. The van der Waals surface area contributed by atoms with Gasteiger partial charge < -0.3 is 10.6 Å². The van der Waals surface area contributed by atoms with Crippen molar-refractivity contribution >= 4 is 11.7 Å². The van der Waals surface area contributed by atoms with Crippen LogP contribution < -0.4 is 5.73 Å². The highest BCUT2D eigenvalue weighted by atomic mass is 16.2. The Morgan fingerprint density at radius 3 is 2.84 bits per heavy atom. The molecule has 2 N–H and O–H groups in total. The van der Waals surface area contributed by atoms with Crippen LogP contribution in [-0.2, 0) is 0 Å². The van der Waals surface area contributed by atoms with Gasteiger partial charge in [0, 0.05) is 36.9 Å². The molecule has 1 aromatic heterocycles. The summed E-state index contributed by atoms with van der Waals surface area (Å²) in [6, 6.07) is 3.91. The molecule has 0 saturated carbocycles. The fourth-order valence-electron chi connectivity index (χ4n) is 2.57. The maximum atomic E-state index is 12.5. The molecule has 0 aromatic carbocycles. The van der Waals surface area contributed by atoms with Gasteiger partial charge in [-0.2, -0.15) is 0 Å². The number of pyridine rings is 1. The number of hydrogen-bond acceptors (Lipinski definition) is 4. The van der Waals surface area contributed by atoms with E-state index in [-0.39, 0.29) is 5.91 Å². The Morgan fingerprint density at radius 1 is 1.47 bits per heavy atom. The maximum Gasteiger partial charge on any atom is 0.254 e. The molecule has 0 aliphatic carbocycles. The number of aryl methyl sites for hydroxylation is 1. The fourth-order valence-corrected chi connectivity index (χ4v) is 2.57. The van der Waals surface area contributed by atoms with E-state index in [0.29, 0.717) is 17.4 Å². The van der Waals surface area contributed by atoms with E-state index in [1.54, 1.807) is 12.1 Å². The highest BCUT2D eigenvalue weighted by Crippen LogP contribution is 2.15. The molecule has 1 fully saturated rings. The second-order valence-electron chi connectivity index (χ2n) is 5.22. The van der Waals surface area contributed by atoms with Crippen molar-refractivity contribution in [3.05, 3.63) is 23.4 Å². The first-order valence-electron chi connectivity index (χ1n) is 6.75. The monoisotopic (exact) mass is 262 g/mol. The molecule has 1 atom stereocenters. The van der Waals surface area contributed by atoms with Gasteiger partial charge in [0.05, 0.1) is 0 Å². The van der Waals surface area contributed by atoms with Crippen molar-refractivity contribution in [3.63, 3.8) is 0 Å². The molecule has 1 amide bonds. The van der Waals surface area contributed by atoms with Crippen LogP contribution in [0.2, 0.25) is 0 Å². The van der Waals surface area contributed by atoms with E-state index in [4.69, 9.17) is 5.73 Å². The van der Waals surface area contributed by atoms with Crippen molar-refractivity contribution < 1.29 is 4.79 Å². The Balaban J connectivity index is 2.15. The van der Waals surface area contributed by atoms with Gasteiger partial charge in [-0.25, -0.2) is 4.98 Å². The number of hydrogen-bond donors (Lipinski definition) is 1. The zero-order valence-electron chi connectivity index (χ0n) is 11.9. The summed E-state index contributed by atoms with van der Waals surface area (Å²) >= 11 is 0. The van der Waals surface area contributed by atoms with Gasteiger partial charge in [-0.15, -0.1) is 0 Å². The van der Waals surface area contributed by atoms with E-state index in [2.05, 4.69) is 23.9 Å². The molecule has 5 heteroatoms. The highest BCUT2D eigenvalue weighted by molar-refractivity contribution is 5.95. The molecule has 19 heavy (non-hydrogen) atoms. The smallest absolute Gasteiger partial charge is 0.254 e. The molecule has 2 heterocycles. The Hall–Kier alpha value is -1.62. The summed E-state index contributed by atoms with van der Waals surface area (Å²) in [5.41, 5.74) is 7.14. The van der Waals surface area contributed by atoms with E-state index < -0.39 is 0 Å². The number of nitrogens with zero attached hydrogens (tertiary/aromatic N) is 3. The molecule has 1 aromatic rings. The molecule has 1 aliphatic heterocycles.